The average molecular weight is 305 g/mol. The van der Waals surface area contributed by atoms with Gasteiger partial charge >= 0.3 is 0 Å². The zero-order valence-corrected chi connectivity index (χ0v) is 13.1. The van der Waals surface area contributed by atoms with E-state index in [1.54, 1.807) is 12.3 Å². The van der Waals surface area contributed by atoms with E-state index < -0.39 is 0 Å². The molecular weight excluding hydrogens is 286 g/mol. The molecule has 2 heterocycles. The molecule has 1 aromatic carbocycles. The van der Waals surface area contributed by atoms with E-state index in [1.165, 1.54) is 16.5 Å². The van der Waals surface area contributed by atoms with Crippen molar-refractivity contribution in [2.45, 2.75) is 32.2 Å². The van der Waals surface area contributed by atoms with Gasteiger partial charge in [-0.05, 0) is 56.0 Å². The Bertz CT molecular complexity index is 867. The fraction of sp³-hybridized carbons (Fsp3) is 0.263. The van der Waals surface area contributed by atoms with Gasteiger partial charge in [-0.1, -0.05) is 17.7 Å². The molecule has 2 N–H and O–H groups in total. The molecule has 0 bridgehead atoms. The van der Waals surface area contributed by atoms with Gasteiger partial charge in [0.25, 0.3) is 5.91 Å². The highest BCUT2D eigenvalue weighted by Gasteiger charge is 2.26. The standard InChI is InChI=1S/C19H19N3O/c1-12-8-9-15-14(11-12)13-5-4-7-16(18(13)21-15)22-19(23)17-6-2-3-10-20-17/h2-3,6,8-11,16,21H,4-5,7H2,1H3,(H,22,23). The van der Waals surface area contributed by atoms with Crippen LogP contribution in [0.5, 0.6) is 0 Å². The maximum atomic E-state index is 12.4. The van der Waals surface area contributed by atoms with Crippen LogP contribution in [-0.4, -0.2) is 15.9 Å². The summed E-state index contributed by atoms with van der Waals surface area (Å²) in [5, 5.41) is 4.42. The summed E-state index contributed by atoms with van der Waals surface area (Å²) in [7, 11) is 0. The van der Waals surface area contributed by atoms with Gasteiger partial charge in [0, 0.05) is 22.8 Å². The maximum absolute atomic E-state index is 12.4. The summed E-state index contributed by atoms with van der Waals surface area (Å²) < 4.78 is 0. The fourth-order valence-electron chi connectivity index (χ4n) is 3.45. The van der Waals surface area contributed by atoms with Crippen LogP contribution in [0.4, 0.5) is 0 Å². The Hall–Kier alpha value is -2.62. The Balaban J connectivity index is 1.68. The Labute approximate surface area is 134 Å². The lowest BCUT2D eigenvalue weighted by Gasteiger charge is -2.23. The van der Waals surface area contributed by atoms with Gasteiger partial charge in [-0.15, -0.1) is 0 Å². The molecule has 0 saturated heterocycles. The van der Waals surface area contributed by atoms with Gasteiger partial charge in [0.15, 0.2) is 0 Å². The van der Waals surface area contributed by atoms with Crippen LogP contribution < -0.4 is 5.32 Å². The third-order valence-corrected chi connectivity index (χ3v) is 4.57. The van der Waals surface area contributed by atoms with Gasteiger partial charge in [-0.25, -0.2) is 0 Å². The number of nitrogens with zero attached hydrogens (tertiary/aromatic N) is 1. The van der Waals surface area contributed by atoms with Crippen LogP contribution in [0.3, 0.4) is 0 Å². The number of aromatic amines is 1. The predicted octanol–water partition coefficient (Wildman–Crippen LogP) is 3.68. The highest BCUT2D eigenvalue weighted by atomic mass is 16.1. The molecule has 1 unspecified atom stereocenters. The lowest BCUT2D eigenvalue weighted by molar-refractivity contribution is 0.0927. The van der Waals surface area contributed by atoms with E-state index >= 15 is 0 Å². The second-order valence-electron chi connectivity index (χ2n) is 6.20. The van der Waals surface area contributed by atoms with Crippen molar-refractivity contribution in [2.75, 3.05) is 0 Å². The van der Waals surface area contributed by atoms with Crippen molar-refractivity contribution in [2.24, 2.45) is 0 Å². The van der Waals surface area contributed by atoms with E-state index in [0.717, 1.165) is 30.5 Å². The van der Waals surface area contributed by atoms with Crippen LogP contribution in [0, 0.1) is 6.92 Å². The van der Waals surface area contributed by atoms with Crippen molar-refractivity contribution in [3.63, 3.8) is 0 Å². The molecule has 116 valence electrons. The molecule has 0 saturated carbocycles. The van der Waals surface area contributed by atoms with Crippen molar-refractivity contribution in [3.8, 4) is 0 Å². The van der Waals surface area contributed by atoms with Gasteiger partial charge in [0.05, 0.1) is 6.04 Å². The molecule has 1 amide bonds. The Morgan fingerprint density at radius 2 is 2.22 bits per heavy atom. The second kappa shape index (κ2) is 5.54. The molecule has 0 spiro atoms. The van der Waals surface area contributed by atoms with Crippen molar-refractivity contribution in [1.82, 2.24) is 15.3 Å². The number of rotatable bonds is 2. The summed E-state index contributed by atoms with van der Waals surface area (Å²) in [6, 6.07) is 11.9. The number of benzene rings is 1. The zero-order valence-electron chi connectivity index (χ0n) is 13.1. The first-order valence-electron chi connectivity index (χ1n) is 8.05. The van der Waals surface area contributed by atoms with Crippen molar-refractivity contribution in [1.29, 1.82) is 0 Å². The Kier molecular flexibility index (Phi) is 3.37. The summed E-state index contributed by atoms with van der Waals surface area (Å²) in [6.45, 7) is 2.11. The molecular formula is C19H19N3O. The summed E-state index contributed by atoms with van der Waals surface area (Å²) >= 11 is 0. The number of carbonyl (C=O) groups is 1. The van der Waals surface area contributed by atoms with Crippen LogP contribution in [0.15, 0.2) is 42.6 Å². The second-order valence-corrected chi connectivity index (χ2v) is 6.20. The quantitative estimate of drug-likeness (QED) is 0.759. The first kappa shape index (κ1) is 14.0. The number of hydrogen-bond donors (Lipinski definition) is 2. The minimum atomic E-state index is -0.113. The van der Waals surface area contributed by atoms with Gasteiger partial charge in [-0.3, -0.25) is 9.78 Å². The van der Waals surface area contributed by atoms with Gasteiger partial charge in [-0.2, -0.15) is 0 Å². The molecule has 1 aliphatic carbocycles. The molecule has 4 rings (SSSR count). The number of nitrogens with one attached hydrogen (secondary N) is 2. The largest absolute Gasteiger partial charge is 0.356 e. The number of carbonyl (C=O) groups excluding carboxylic acids is 1. The molecule has 0 aliphatic heterocycles. The average Bonchev–Trinajstić information content (AvgIpc) is 2.95. The van der Waals surface area contributed by atoms with Gasteiger partial charge in [0.2, 0.25) is 0 Å². The number of aromatic nitrogens is 2. The van der Waals surface area contributed by atoms with E-state index in [1.807, 2.05) is 12.1 Å². The molecule has 4 nitrogen and oxygen atoms in total. The van der Waals surface area contributed by atoms with E-state index in [0.29, 0.717) is 5.69 Å². The topological polar surface area (TPSA) is 57.8 Å². The zero-order chi connectivity index (χ0) is 15.8. The monoisotopic (exact) mass is 305 g/mol. The Morgan fingerprint density at radius 3 is 3.04 bits per heavy atom. The van der Waals surface area contributed by atoms with Gasteiger partial charge in [0.1, 0.15) is 5.69 Å². The molecule has 23 heavy (non-hydrogen) atoms. The molecule has 4 heteroatoms. The highest BCUT2D eigenvalue weighted by Crippen LogP contribution is 2.35. The molecule has 1 aliphatic rings. The predicted molar refractivity (Wildman–Crippen MR) is 90.4 cm³/mol. The van der Waals surface area contributed by atoms with Crippen molar-refractivity contribution >= 4 is 16.8 Å². The number of amides is 1. The first-order valence-corrected chi connectivity index (χ1v) is 8.05. The van der Waals surface area contributed by atoms with E-state index in [-0.39, 0.29) is 11.9 Å². The van der Waals surface area contributed by atoms with E-state index in [4.69, 9.17) is 0 Å². The number of fused-ring (bicyclic) bond motifs is 3. The first-order chi connectivity index (χ1) is 11.2. The summed E-state index contributed by atoms with van der Waals surface area (Å²) in [5.74, 6) is -0.113. The van der Waals surface area contributed by atoms with Crippen molar-refractivity contribution < 1.29 is 4.79 Å². The van der Waals surface area contributed by atoms with E-state index in [2.05, 4.69) is 40.4 Å². The third-order valence-electron chi connectivity index (χ3n) is 4.57. The smallest absolute Gasteiger partial charge is 0.270 e. The van der Waals surface area contributed by atoms with E-state index in [9.17, 15) is 4.79 Å². The normalized spacial score (nSPS) is 17.0. The minimum absolute atomic E-state index is 0.0287. The minimum Gasteiger partial charge on any atom is -0.356 e. The Morgan fingerprint density at radius 1 is 1.30 bits per heavy atom. The number of aryl methyl sites for hydroxylation is 2. The summed E-state index contributed by atoms with van der Waals surface area (Å²) in [4.78, 5) is 20.1. The van der Waals surface area contributed by atoms with Crippen LogP contribution >= 0.6 is 0 Å². The summed E-state index contributed by atoms with van der Waals surface area (Å²) in [6.07, 6.45) is 4.75. The fourth-order valence-corrected chi connectivity index (χ4v) is 3.45. The SMILES string of the molecule is Cc1ccc2[nH]c3c(c2c1)CCCC3NC(=O)c1ccccn1. The maximum Gasteiger partial charge on any atom is 0.270 e. The van der Waals surface area contributed by atoms with Gasteiger partial charge < -0.3 is 10.3 Å². The lowest BCUT2D eigenvalue weighted by Crippen LogP contribution is -2.31. The van der Waals surface area contributed by atoms with Crippen molar-refractivity contribution in [3.05, 3.63) is 65.1 Å². The summed E-state index contributed by atoms with van der Waals surface area (Å²) in [5.41, 5.74) is 5.38. The molecule has 2 aromatic heterocycles. The third kappa shape index (κ3) is 2.50. The molecule has 0 fully saturated rings. The number of hydrogen-bond acceptors (Lipinski definition) is 2. The van der Waals surface area contributed by atoms with Crippen LogP contribution in [0.2, 0.25) is 0 Å². The molecule has 1 atom stereocenters. The molecule has 0 radical (unpaired) electrons. The molecule has 3 aromatic rings. The number of pyridine rings is 1. The lowest BCUT2D eigenvalue weighted by atomic mass is 9.91. The van der Waals surface area contributed by atoms with Crippen LogP contribution in [0.25, 0.3) is 10.9 Å². The highest BCUT2D eigenvalue weighted by molar-refractivity contribution is 5.93. The van der Waals surface area contributed by atoms with Crippen LogP contribution in [0.1, 0.15) is 46.2 Å². The number of H-pyrrole nitrogens is 1. The van der Waals surface area contributed by atoms with Crippen LogP contribution in [-0.2, 0) is 6.42 Å².